The van der Waals surface area contributed by atoms with Crippen molar-refractivity contribution < 1.29 is 4.79 Å². The first kappa shape index (κ1) is 18.6. The van der Waals surface area contributed by atoms with E-state index < -0.39 is 5.91 Å². The van der Waals surface area contributed by atoms with Crippen LogP contribution in [-0.2, 0) is 6.54 Å². The molecule has 0 atom stereocenters. The summed E-state index contributed by atoms with van der Waals surface area (Å²) in [5.74, 6) is -0.195. The first-order chi connectivity index (χ1) is 12.8. The molecule has 0 aliphatic carbocycles. The molecule has 7 nitrogen and oxygen atoms in total. The van der Waals surface area contributed by atoms with Gasteiger partial charge in [-0.1, -0.05) is 26.0 Å². The van der Waals surface area contributed by atoms with Gasteiger partial charge in [0.1, 0.15) is 16.8 Å². The molecule has 7 heteroatoms. The van der Waals surface area contributed by atoms with Gasteiger partial charge in [0.2, 0.25) is 0 Å². The first-order valence-corrected chi connectivity index (χ1v) is 8.84. The lowest BCUT2D eigenvalue weighted by Gasteiger charge is -2.16. The molecule has 3 aromatic rings. The molecular formula is C20H23N5O2. The normalized spacial score (nSPS) is 11.3. The van der Waals surface area contributed by atoms with Crippen molar-refractivity contribution in [3.05, 3.63) is 64.0 Å². The Balaban J connectivity index is 2.43. The highest BCUT2D eigenvalue weighted by molar-refractivity contribution is 5.96. The summed E-state index contributed by atoms with van der Waals surface area (Å²) in [7, 11) is 0. The van der Waals surface area contributed by atoms with E-state index in [4.69, 9.17) is 5.41 Å². The molecule has 0 spiro atoms. The molecule has 3 rings (SSSR count). The number of amides is 1. The van der Waals surface area contributed by atoms with E-state index in [0.29, 0.717) is 23.2 Å². The first-order valence-electron chi connectivity index (χ1n) is 8.84. The van der Waals surface area contributed by atoms with Crippen molar-refractivity contribution in [1.82, 2.24) is 19.3 Å². The van der Waals surface area contributed by atoms with Crippen LogP contribution in [0.3, 0.4) is 0 Å². The molecule has 1 amide bonds. The molecule has 0 saturated carbocycles. The average molecular weight is 365 g/mol. The van der Waals surface area contributed by atoms with Crippen LogP contribution >= 0.6 is 0 Å². The second kappa shape index (κ2) is 7.19. The summed E-state index contributed by atoms with van der Waals surface area (Å²) in [6.07, 6.45) is 3.23. The van der Waals surface area contributed by atoms with Crippen molar-refractivity contribution in [2.45, 2.75) is 27.3 Å². The molecule has 0 aromatic carbocycles. The minimum absolute atomic E-state index is 0.0441. The van der Waals surface area contributed by atoms with Crippen molar-refractivity contribution in [1.29, 1.82) is 5.41 Å². The second-order valence-electron chi connectivity index (χ2n) is 6.95. The van der Waals surface area contributed by atoms with Gasteiger partial charge in [-0.3, -0.25) is 19.4 Å². The summed E-state index contributed by atoms with van der Waals surface area (Å²) in [5.41, 5.74) is 1.78. The molecule has 0 fully saturated rings. The molecule has 0 bridgehead atoms. The fourth-order valence-corrected chi connectivity index (χ4v) is 3.07. The van der Waals surface area contributed by atoms with Crippen molar-refractivity contribution in [2.24, 2.45) is 5.92 Å². The summed E-state index contributed by atoms with van der Waals surface area (Å²) < 4.78 is 3.13. The van der Waals surface area contributed by atoms with Gasteiger partial charge in [-0.05, 0) is 30.5 Å². The quantitative estimate of drug-likeness (QED) is 0.535. The molecule has 3 aromatic heterocycles. The van der Waals surface area contributed by atoms with Crippen LogP contribution in [0.4, 0.5) is 0 Å². The topological polar surface area (TPSA) is 92.2 Å². The number of nitrogens with one attached hydrogen (secondary N) is 2. The number of hydrogen-bond acceptors (Lipinski definition) is 4. The number of nitrogens with zero attached hydrogens (tertiary/aromatic N) is 3. The Hall–Kier alpha value is -3.22. The van der Waals surface area contributed by atoms with E-state index in [9.17, 15) is 9.59 Å². The van der Waals surface area contributed by atoms with Gasteiger partial charge in [0.05, 0.1) is 10.9 Å². The van der Waals surface area contributed by atoms with Crippen molar-refractivity contribution >= 4 is 22.6 Å². The van der Waals surface area contributed by atoms with Crippen molar-refractivity contribution in [2.75, 3.05) is 6.54 Å². The Morgan fingerprint density at radius 2 is 2.15 bits per heavy atom. The lowest BCUT2D eigenvalue weighted by molar-refractivity contribution is 0.0955. The third kappa shape index (κ3) is 3.28. The van der Waals surface area contributed by atoms with Crippen molar-refractivity contribution in [3.8, 4) is 0 Å². The highest BCUT2D eigenvalue weighted by atomic mass is 16.1. The maximum absolute atomic E-state index is 13.1. The number of pyridine rings is 2. The van der Waals surface area contributed by atoms with Gasteiger partial charge in [0.15, 0.2) is 0 Å². The zero-order valence-electron chi connectivity index (χ0n) is 15.7. The second-order valence-corrected chi connectivity index (χ2v) is 6.95. The average Bonchev–Trinajstić information content (AvgIpc) is 2.63. The van der Waals surface area contributed by atoms with E-state index in [2.05, 4.69) is 16.9 Å². The van der Waals surface area contributed by atoms with Gasteiger partial charge in [-0.25, -0.2) is 4.98 Å². The van der Waals surface area contributed by atoms with Gasteiger partial charge < -0.3 is 9.88 Å². The van der Waals surface area contributed by atoms with Crippen LogP contribution in [0.25, 0.3) is 16.7 Å². The number of carbonyl (C=O) groups is 1. The fourth-order valence-electron chi connectivity index (χ4n) is 3.07. The smallest absolute Gasteiger partial charge is 0.267 e. The summed E-state index contributed by atoms with van der Waals surface area (Å²) in [6, 6.07) is 5.14. The Bertz CT molecular complexity index is 1170. The van der Waals surface area contributed by atoms with Gasteiger partial charge in [-0.15, -0.1) is 6.58 Å². The van der Waals surface area contributed by atoms with E-state index in [0.717, 1.165) is 5.56 Å². The molecule has 0 aliphatic rings. The molecule has 0 aliphatic heterocycles. The lowest BCUT2D eigenvalue weighted by Crippen LogP contribution is -2.35. The summed E-state index contributed by atoms with van der Waals surface area (Å²) >= 11 is 0. The monoisotopic (exact) mass is 365 g/mol. The number of carbonyl (C=O) groups excluding carboxylic acids is 1. The zero-order valence-corrected chi connectivity index (χ0v) is 15.7. The molecule has 0 radical (unpaired) electrons. The summed E-state index contributed by atoms with van der Waals surface area (Å²) in [6.45, 7) is 10.3. The third-order valence-electron chi connectivity index (χ3n) is 4.33. The minimum Gasteiger partial charge on any atom is -0.348 e. The van der Waals surface area contributed by atoms with Gasteiger partial charge in [0.25, 0.3) is 11.5 Å². The molecule has 2 N–H and O–H groups in total. The maximum atomic E-state index is 13.1. The molecule has 3 heterocycles. The van der Waals surface area contributed by atoms with Crippen LogP contribution in [0.15, 0.2) is 41.8 Å². The predicted molar refractivity (Wildman–Crippen MR) is 105 cm³/mol. The van der Waals surface area contributed by atoms with Gasteiger partial charge in [0, 0.05) is 19.3 Å². The SMILES string of the molecule is C=CCNC(=O)c1cc2c(=O)n3cccc(C)c3nc2n(CC(C)C)c1=N. The van der Waals surface area contributed by atoms with Crippen molar-refractivity contribution in [3.63, 3.8) is 0 Å². The van der Waals surface area contributed by atoms with E-state index in [1.54, 1.807) is 22.9 Å². The number of aryl methyl sites for hydroxylation is 1. The molecular weight excluding hydrogens is 342 g/mol. The Morgan fingerprint density at radius 3 is 2.81 bits per heavy atom. The minimum atomic E-state index is -0.409. The fraction of sp³-hybridized carbons (Fsp3) is 0.300. The van der Waals surface area contributed by atoms with E-state index >= 15 is 0 Å². The van der Waals surface area contributed by atoms with Crippen LogP contribution in [-0.4, -0.2) is 26.4 Å². The zero-order chi connectivity index (χ0) is 19.7. The lowest BCUT2D eigenvalue weighted by atomic mass is 10.1. The number of rotatable bonds is 5. The van der Waals surface area contributed by atoms with Crippen LogP contribution in [0, 0.1) is 18.3 Å². The number of hydrogen-bond donors (Lipinski definition) is 2. The summed E-state index contributed by atoms with van der Waals surface area (Å²) in [5, 5.41) is 11.5. The standard InChI is InChI=1S/C20H23N5O2/c1-5-8-22-19(26)14-10-15-18(25(16(14)21)11-12(2)3)23-17-13(4)7-6-9-24(17)20(15)27/h5-7,9-10,12,21H,1,8,11H2,2-4H3,(H,22,26). The van der Waals surface area contributed by atoms with Crippen LogP contribution in [0.5, 0.6) is 0 Å². The maximum Gasteiger partial charge on any atom is 0.267 e. The Labute approximate surface area is 156 Å². The van der Waals surface area contributed by atoms with Crippen LogP contribution in [0.1, 0.15) is 29.8 Å². The van der Waals surface area contributed by atoms with E-state index in [-0.39, 0.29) is 29.1 Å². The molecule has 0 saturated heterocycles. The molecule has 27 heavy (non-hydrogen) atoms. The molecule has 140 valence electrons. The predicted octanol–water partition coefficient (Wildman–Crippen LogP) is 2.01. The largest absolute Gasteiger partial charge is 0.348 e. The summed E-state index contributed by atoms with van der Waals surface area (Å²) in [4.78, 5) is 30.3. The van der Waals surface area contributed by atoms with Gasteiger partial charge in [-0.2, -0.15) is 0 Å². The third-order valence-corrected chi connectivity index (χ3v) is 4.33. The highest BCUT2D eigenvalue weighted by Gasteiger charge is 2.18. The highest BCUT2D eigenvalue weighted by Crippen LogP contribution is 2.14. The van der Waals surface area contributed by atoms with Gasteiger partial charge >= 0.3 is 0 Å². The van der Waals surface area contributed by atoms with E-state index in [1.165, 1.54) is 10.5 Å². The number of fused-ring (bicyclic) bond motifs is 2. The Kier molecular flexibility index (Phi) is 4.94. The van der Waals surface area contributed by atoms with Crippen LogP contribution < -0.4 is 16.4 Å². The number of aromatic nitrogens is 3. The Morgan fingerprint density at radius 1 is 1.41 bits per heavy atom. The molecule has 0 unspecified atom stereocenters. The van der Waals surface area contributed by atoms with Crippen LogP contribution in [0.2, 0.25) is 0 Å². The van der Waals surface area contributed by atoms with E-state index in [1.807, 2.05) is 26.8 Å².